The molecule has 6 nitrogen and oxygen atoms in total. The third kappa shape index (κ3) is 4.46. The Kier molecular flexibility index (Phi) is 6.63. The average molecular weight is 493 g/mol. The number of nitrogens with zero attached hydrogens (tertiary/aromatic N) is 2. The zero-order valence-electron chi connectivity index (χ0n) is 20.4. The fraction of sp³-hybridized carbons (Fsp3) is 0.250. The number of ketones is 1. The summed E-state index contributed by atoms with van der Waals surface area (Å²) in [6.07, 6.45) is 1.46. The number of halogens is 2. The number of amides is 1. The first-order valence-corrected chi connectivity index (χ1v) is 11.5. The summed E-state index contributed by atoms with van der Waals surface area (Å²) in [5.41, 5.74) is 0.430. The fourth-order valence-electron chi connectivity index (χ4n) is 4.28. The van der Waals surface area contributed by atoms with Gasteiger partial charge in [-0.05, 0) is 54.8 Å². The monoisotopic (exact) mass is 492 g/mol. The molecule has 1 aliphatic rings. The number of aromatic nitrogens is 1. The maximum absolute atomic E-state index is 14.8. The van der Waals surface area contributed by atoms with Crippen molar-refractivity contribution >= 4 is 23.1 Å². The first-order valence-electron chi connectivity index (χ1n) is 11.5. The lowest BCUT2D eigenvalue weighted by Crippen LogP contribution is -2.30. The van der Waals surface area contributed by atoms with Crippen LogP contribution in [0, 0.1) is 11.6 Å². The van der Waals surface area contributed by atoms with E-state index in [4.69, 9.17) is 4.74 Å². The van der Waals surface area contributed by atoms with Crippen molar-refractivity contribution in [2.24, 2.45) is 0 Å². The Labute approximate surface area is 207 Å². The molecule has 4 rings (SSSR count). The normalized spacial score (nSPS) is 17.5. The number of carbonyl (C=O) groups is 2. The summed E-state index contributed by atoms with van der Waals surface area (Å²) in [6.45, 7) is 8.27. The van der Waals surface area contributed by atoms with Crippen LogP contribution in [0.4, 0.5) is 14.5 Å². The van der Waals surface area contributed by atoms with Gasteiger partial charge in [0, 0.05) is 23.4 Å². The number of aliphatic hydroxyl groups is 1. The number of anilines is 1. The zero-order valence-corrected chi connectivity index (χ0v) is 20.4. The van der Waals surface area contributed by atoms with Gasteiger partial charge in [-0.25, -0.2) is 8.78 Å². The second-order valence-electron chi connectivity index (χ2n) is 9.41. The largest absolute Gasteiger partial charge is 0.507 e. The molecule has 0 aliphatic carbocycles. The van der Waals surface area contributed by atoms with E-state index < -0.39 is 35.1 Å². The van der Waals surface area contributed by atoms with Crippen LogP contribution in [0.15, 0.2) is 66.4 Å². The van der Waals surface area contributed by atoms with E-state index in [1.165, 1.54) is 6.20 Å². The van der Waals surface area contributed by atoms with E-state index in [2.05, 4.69) is 4.98 Å². The fourth-order valence-corrected chi connectivity index (χ4v) is 4.28. The number of hydrogen-bond donors (Lipinski definition) is 1. The number of ether oxygens (including phenoxy) is 1. The number of benzene rings is 2. The quantitative estimate of drug-likeness (QED) is 0.282. The predicted octanol–water partition coefficient (Wildman–Crippen LogP) is 5.68. The number of hydrogen-bond acceptors (Lipinski definition) is 5. The summed E-state index contributed by atoms with van der Waals surface area (Å²) in [6, 6.07) is 11.4. The van der Waals surface area contributed by atoms with E-state index >= 15 is 0 Å². The Morgan fingerprint density at radius 3 is 2.44 bits per heavy atom. The summed E-state index contributed by atoms with van der Waals surface area (Å²) in [7, 11) is 0. The number of carbonyl (C=O) groups excluding carboxylic acids is 2. The highest BCUT2D eigenvalue weighted by molar-refractivity contribution is 6.51. The lowest BCUT2D eigenvalue weighted by molar-refractivity contribution is -0.132. The van der Waals surface area contributed by atoms with Crippen LogP contribution in [0.2, 0.25) is 0 Å². The predicted molar refractivity (Wildman–Crippen MR) is 132 cm³/mol. The highest BCUT2D eigenvalue weighted by Gasteiger charge is 2.48. The third-order valence-electron chi connectivity index (χ3n) is 5.94. The van der Waals surface area contributed by atoms with Gasteiger partial charge in [-0.1, -0.05) is 26.8 Å². The van der Waals surface area contributed by atoms with E-state index in [1.54, 1.807) is 36.4 Å². The molecule has 8 heteroatoms. The van der Waals surface area contributed by atoms with Crippen molar-refractivity contribution in [1.82, 2.24) is 4.98 Å². The summed E-state index contributed by atoms with van der Waals surface area (Å²) in [4.78, 5) is 31.6. The molecular weight excluding hydrogens is 466 g/mol. The van der Waals surface area contributed by atoms with Crippen LogP contribution in [0.25, 0.3) is 5.76 Å². The van der Waals surface area contributed by atoms with Gasteiger partial charge >= 0.3 is 0 Å². The SMILES string of the molecule is CCOc1ccc(/C(O)=C2/C(=O)C(=O)N(c3ccc(F)cc3F)C2c2ccccn2)cc1C(C)(C)C. The lowest BCUT2D eigenvalue weighted by atomic mass is 9.84. The number of aliphatic hydroxyl groups excluding tert-OH is 1. The molecule has 3 aromatic rings. The average Bonchev–Trinajstić information content (AvgIpc) is 3.09. The molecule has 186 valence electrons. The van der Waals surface area contributed by atoms with Gasteiger partial charge in [0.2, 0.25) is 0 Å². The Morgan fingerprint density at radius 2 is 1.83 bits per heavy atom. The third-order valence-corrected chi connectivity index (χ3v) is 5.94. The van der Waals surface area contributed by atoms with E-state index in [0.29, 0.717) is 24.0 Å². The van der Waals surface area contributed by atoms with Gasteiger partial charge in [0.15, 0.2) is 0 Å². The molecule has 1 unspecified atom stereocenters. The minimum absolute atomic E-state index is 0.240. The molecule has 1 saturated heterocycles. The van der Waals surface area contributed by atoms with Crippen molar-refractivity contribution in [3.63, 3.8) is 0 Å². The Balaban J connectivity index is 1.95. The molecule has 36 heavy (non-hydrogen) atoms. The molecule has 1 fully saturated rings. The molecule has 1 aliphatic heterocycles. The molecule has 2 aromatic carbocycles. The molecule has 2 heterocycles. The Bertz CT molecular complexity index is 1360. The van der Waals surface area contributed by atoms with Gasteiger partial charge in [0.25, 0.3) is 11.7 Å². The smallest absolute Gasteiger partial charge is 0.300 e. The van der Waals surface area contributed by atoms with Crippen LogP contribution in [0.3, 0.4) is 0 Å². The van der Waals surface area contributed by atoms with Gasteiger partial charge in [-0.2, -0.15) is 0 Å². The van der Waals surface area contributed by atoms with Crippen molar-refractivity contribution in [2.75, 3.05) is 11.5 Å². The number of Topliss-reactive ketones (excluding diaryl/α,β-unsaturated/α-hetero) is 1. The summed E-state index contributed by atoms with van der Waals surface area (Å²) < 4.78 is 34.1. The summed E-state index contributed by atoms with van der Waals surface area (Å²) in [5.74, 6) is -3.70. The zero-order chi connectivity index (χ0) is 26.2. The van der Waals surface area contributed by atoms with Gasteiger partial charge in [-0.15, -0.1) is 0 Å². The molecule has 0 spiro atoms. The number of pyridine rings is 1. The molecule has 0 radical (unpaired) electrons. The standard InChI is InChI=1S/C28H26F2N2O4/c1-5-36-22-12-9-16(14-18(22)28(2,3)4)25(33)23-24(20-8-6-7-13-31-20)32(27(35)26(23)34)21-11-10-17(29)15-19(21)30/h6-15,24,33H,5H2,1-4H3/b25-23-. The van der Waals surface area contributed by atoms with Crippen LogP contribution in [0.1, 0.15) is 50.6 Å². The van der Waals surface area contributed by atoms with E-state index in [9.17, 15) is 23.5 Å². The first kappa shape index (κ1) is 25.0. The second-order valence-corrected chi connectivity index (χ2v) is 9.41. The molecule has 0 bridgehead atoms. The molecular formula is C28H26F2N2O4. The van der Waals surface area contributed by atoms with Crippen LogP contribution in [-0.4, -0.2) is 28.4 Å². The van der Waals surface area contributed by atoms with Crippen LogP contribution >= 0.6 is 0 Å². The first-order chi connectivity index (χ1) is 17.0. The van der Waals surface area contributed by atoms with E-state index in [0.717, 1.165) is 22.6 Å². The maximum atomic E-state index is 14.8. The molecule has 1 aromatic heterocycles. The second kappa shape index (κ2) is 9.53. The van der Waals surface area contributed by atoms with E-state index in [-0.39, 0.29) is 22.4 Å². The molecule has 1 N–H and O–H groups in total. The Morgan fingerprint density at radius 1 is 1.08 bits per heavy atom. The lowest BCUT2D eigenvalue weighted by Gasteiger charge is -2.25. The van der Waals surface area contributed by atoms with Gasteiger partial charge in [0.05, 0.1) is 23.6 Å². The van der Waals surface area contributed by atoms with Crippen molar-refractivity contribution < 1.29 is 28.2 Å². The van der Waals surface area contributed by atoms with Crippen LogP contribution in [0.5, 0.6) is 5.75 Å². The molecule has 1 amide bonds. The topological polar surface area (TPSA) is 79.7 Å². The highest BCUT2D eigenvalue weighted by atomic mass is 19.1. The molecule has 1 atom stereocenters. The number of rotatable bonds is 5. The van der Waals surface area contributed by atoms with Crippen LogP contribution in [-0.2, 0) is 15.0 Å². The summed E-state index contributed by atoms with van der Waals surface area (Å²) in [5, 5.41) is 11.4. The minimum Gasteiger partial charge on any atom is -0.507 e. The van der Waals surface area contributed by atoms with Gasteiger partial charge in [0.1, 0.15) is 29.2 Å². The van der Waals surface area contributed by atoms with Gasteiger partial charge in [-0.3, -0.25) is 19.5 Å². The van der Waals surface area contributed by atoms with Crippen molar-refractivity contribution in [2.45, 2.75) is 39.2 Å². The molecule has 0 saturated carbocycles. The van der Waals surface area contributed by atoms with Crippen LogP contribution < -0.4 is 9.64 Å². The summed E-state index contributed by atoms with van der Waals surface area (Å²) >= 11 is 0. The van der Waals surface area contributed by atoms with Crippen molar-refractivity contribution in [3.05, 3.63) is 94.8 Å². The van der Waals surface area contributed by atoms with Gasteiger partial charge < -0.3 is 9.84 Å². The van der Waals surface area contributed by atoms with Crippen molar-refractivity contribution in [3.8, 4) is 5.75 Å². The highest BCUT2D eigenvalue weighted by Crippen LogP contribution is 2.43. The van der Waals surface area contributed by atoms with E-state index in [1.807, 2.05) is 27.7 Å². The van der Waals surface area contributed by atoms with Crippen molar-refractivity contribution in [1.29, 1.82) is 0 Å². The Hall–Kier alpha value is -4.07. The minimum atomic E-state index is -1.23. The maximum Gasteiger partial charge on any atom is 0.300 e.